The number of anilines is 6. The lowest BCUT2D eigenvalue weighted by Crippen LogP contribution is -2.61. The van der Waals surface area contributed by atoms with E-state index in [1.807, 2.05) is 0 Å². The van der Waals surface area contributed by atoms with Gasteiger partial charge in [0.25, 0.3) is 6.71 Å². The van der Waals surface area contributed by atoms with Gasteiger partial charge in [0.15, 0.2) is 0 Å². The molecule has 13 rings (SSSR count). The van der Waals surface area contributed by atoms with Gasteiger partial charge in [-0.25, -0.2) is 0 Å². The molecule has 3 heteroatoms. The Hall–Kier alpha value is -7.36. The highest BCUT2D eigenvalue weighted by atomic mass is 15.2. The van der Waals surface area contributed by atoms with E-state index in [1.54, 1.807) is 0 Å². The fraction of sp³-hybridized carbons (Fsp3) is 0.206. The molecule has 346 valence electrons. The first-order valence-electron chi connectivity index (χ1n) is 25.7. The second-order valence-corrected chi connectivity index (χ2v) is 23.8. The second-order valence-electron chi connectivity index (χ2n) is 23.8. The summed E-state index contributed by atoms with van der Waals surface area (Å²) in [7, 11) is 0. The lowest BCUT2D eigenvalue weighted by Gasteiger charge is -2.44. The van der Waals surface area contributed by atoms with Crippen LogP contribution < -0.4 is 26.2 Å². The first-order valence-corrected chi connectivity index (χ1v) is 25.7. The summed E-state index contributed by atoms with van der Waals surface area (Å²) >= 11 is 0. The smallest absolute Gasteiger partial charge is 0.252 e. The maximum Gasteiger partial charge on any atom is 0.252 e. The number of benzene rings is 9. The topological polar surface area (TPSA) is 6.48 Å². The first-order chi connectivity index (χ1) is 34.0. The van der Waals surface area contributed by atoms with Crippen molar-refractivity contribution in [3.63, 3.8) is 0 Å². The average molecular weight is 917 g/mol. The lowest BCUT2D eigenvalue weighted by molar-refractivity contribution is 0.590. The fourth-order valence-corrected chi connectivity index (χ4v) is 13.0. The molecule has 9 aromatic rings. The van der Waals surface area contributed by atoms with E-state index in [0.29, 0.717) is 0 Å². The van der Waals surface area contributed by atoms with Crippen molar-refractivity contribution in [2.45, 2.75) is 90.9 Å². The summed E-state index contributed by atoms with van der Waals surface area (Å²) in [5.41, 5.74) is 29.9. The molecule has 0 N–H and O–H groups in total. The van der Waals surface area contributed by atoms with E-state index in [0.717, 1.165) is 11.4 Å². The molecule has 71 heavy (non-hydrogen) atoms. The van der Waals surface area contributed by atoms with Crippen LogP contribution in [0.2, 0.25) is 0 Å². The SMILES string of the molecule is CC(C)(C)c1ccc2c(c1)B1c3ccc(C(C)(C)C)cc3N(c3ccc(-c4cccc5c4-c4ccccc4C5(C)C)cc3)c3cccc(c31)N2c1ccc(-c2cccc3c2-c2ccccc2C3(C)C)cc1. The predicted molar refractivity (Wildman–Crippen MR) is 304 cm³/mol. The van der Waals surface area contributed by atoms with Crippen LogP contribution in [0.25, 0.3) is 44.5 Å². The van der Waals surface area contributed by atoms with Crippen molar-refractivity contribution in [3.05, 3.63) is 221 Å². The summed E-state index contributed by atoms with van der Waals surface area (Å²) in [6.07, 6.45) is 0. The number of hydrogen-bond acceptors (Lipinski definition) is 2. The monoisotopic (exact) mass is 916 g/mol. The van der Waals surface area contributed by atoms with E-state index >= 15 is 0 Å². The van der Waals surface area contributed by atoms with Crippen LogP contribution in [0.5, 0.6) is 0 Å². The summed E-state index contributed by atoms with van der Waals surface area (Å²) in [5, 5.41) is 0. The van der Waals surface area contributed by atoms with Crippen LogP contribution in [-0.2, 0) is 21.7 Å². The minimum absolute atomic E-state index is 0.0253. The summed E-state index contributed by atoms with van der Waals surface area (Å²) in [4.78, 5) is 5.10. The standard InChI is InChI=1S/C68H61BN2/c1-65(2,3)44-33-39-58-57(40-44)69-56-38-32-45(66(4,5)6)41-61(56)71(47-36-30-43(31-37-47)49-21-16-25-55-63(49)51-19-12-14-23-53(51)68(55,9)10)60-27-17-26-59(64(60)69)70(58)46-34-28-42(29-35-46)48-20-15-24-54-62(48)50-18-11-13-22-52(50)67(54,7)8/h11-41H,1-10H3. The van der Waals surface area contributed by atoms with Crippen molar-refractivity contribution < 1.29 is 0 Å². The van der Waals surface area contributed by atoms with E-state index in [9.17, 15) is 0 Å². The Morgan fingerprint density at radius 3 is 1.28 bits per heavy atom. The fourth-order valence-electron chi connectivity index (χ4n) is 13.0. The van der Waals surface area contributed by atoms with Crippen molar-refractivity contribution in [3.8, 4) is 44.5 Å². The third-order valence-corrected chi connectivity index (χ3v) is 16.8. The van der Waals surface area contributed by atoms with Crippen LogP contribution in [0, 0.1) is 0 Å². The van der Waals surface area contributed by atoms with Gasteiger partial charge >= 0.3 is 0 Å². The molecule has 0 saturated heterocycles. The zero-order chi connectivity index (χ0) is 48.9. The quantitative estimate of drug-likeness (QED) is 0.162. The van der Waals surface area contributed by atoms with Gasteiger partial charge in [0, 0.05) is 45.0 Å². The Kier molecular flexibility index (Phi) is 9.27. The molecule has 0 atom stereocenters. The number of hydrogen-bond donors (Lipinski definition) is 0. The van der Waals surface area contributed by atoms with Crippen LogP contribution in [-0.4, -0.2) is 6.71 Å². The molecule has 2 heterocycles. The normalized spacial score (nSPS) is 15.3. The summed E-state index contributed by atoms with van der Waals surface area (Å²) in [5.74, 6) is 0. The molecule has 2 aliphatic carbocycles. The van der Waals surface area contributed by atoms with Gasteiger partial charge in [-0.2, -0.15) is 0 Å². The van der Waals surface area contributed by atoms with Crippen LogP contribution in [0.1, 0.15) is 103 Å². The lowest BCUT2D eigenvalue weighted by atomic mass is 9.33. The average Bonchev–Trinajstić information content (AvgIpc) is 3.75. The van der Waals surface area contributed by atoms with Gasteiger partial charge in [0.05, 0.1) is 0 Å². The maximum absolute atomic E-state index is 2.56. The number of rotatable bonds is 4. The zero-order valence-corrected chi connectivity index (χ0v) is 42.9. The Labute approximate surface area is 421 Å². The molecule has 2 aliphatic heterocycles. The zero-order valence-electron chi connectivity index (χ0n) is 42.9. The Morgan fingerprint density at radius 1 is 0.352 bits per heavy atom. The Bertz CT molecular complexity index is 3670. The molecule has 0 saturated carbocycles. The minimum Gasteiger partial charge on any atom is -0.311 e. The molecule has 0 fully saturated rings. The number of nitrogens with zero attached hydrogens (tertiary/aromatic N) is 2. The molecule has 2 nitrogen and oxygen atoms in total. The Balaban J connectivity index is 0.981. The molecule has 0 bridgehead atoms. The molecule has 0 unspecified atom stereocenters. The van der Waals surface area contributed by atoms with Crippen LogP contribution >= 0.6 is 0 Å². The van der Waals surface area contributed by atoms with Gasteiger partial charge < -0.3 is 9.80 Å². The van der Waals surface area contributed by atoms with E-state index < -0.39 is 0 Å². The molecule has 0 spiro atoms. The van der Waals surface area contributed by atoms with Gasteiger partial charge in [0.2, 0.25) is 0 Å². The van der Waals surface area contributed by atoms with E-state index in [1.165, 1.54) is 117 Å². The first kappa shape index (κ1) is 43.6. The van der Waals surface area contributed by atoms with Crippen LogP contribution in [0.15, 0.2) is 188 Å². The number of fused-ring (bicyclic) bond motifs is 10. The highest BCUT2D eigenvalue weighted by Gasteiger charge is 2.44. The third-order valence-electron chi connectivity index (χ3n) is 16.8. The van der Waals surface area contributed by atoms with Gasteiger partial charge in [-0.1, -0.05) is 209 Å². The summed E-state index contributed by atoms with van der Waals surface area (Å²) in [6.45, 7) is 23.5. The highest BCUT2D eigenvalue weighted by Crippen LogP contribution is 2.54. The molecule has 0 radical (unpaired) electrons. The van der Waals surface area contributed by atoms with Gasteiger partial charge in [-0.05, 0) is 154 Å². The van der Waals surface area contributed by atoms with Crippen molar-refractivity contribution in [2.24, 2.45) is 0 Å². The predicted octanol–water partition coefficient (Wildman–Crippen LogP) is 16.3. The molecule has 4 aliphatic rings. The molecular formula is C68H61BN2. The second kappa shape index (κ2) is 15.1. The largest absolute Gasteiger partial charge is 0.311 e. The van der Waals surface area contributed by atoms with Gasteiger partial charge in [-0.15, -0.1) is 0 Å². The van der Waals surface area contributed by atoms with Gasteiger partial charge in [0.1, 0.15) is 0 Å². The minimum atomic E-state index is -0.0540. The summed E-state index contributed by atoms with van der Waals surface area (Å²) < 4.78 is 0. The maximum atomic E-state index is 2.56. The third kappa shape index (κ3) is 6.34. The van der Waals surface area contributed by atoms with Crippen molar-refractivity contribution in [2.75, 3.05) is 9.80 Å². The van der Waals surface area contributed by atoms with Crippen LogP contribution in [0.4, 0.5) is 34.1 Å². The van der Waals surface area contributed by atoms with Crippen molar-refractivity contribution >= 4 is 57.2 Å². The van der Waals surface area contributed by atoms with Gasteiger partial charge in [-0.3, -0.25) is 0 Å². The highest BCUT2D eigenvalue weighted by molar-refractivity contribution is 7.00. The van der Waals surface area contributed by atoms with Crippen molar-refractivity contribution in [1.82, 2.24) is 0 Å². The van der Waals surface area contributed by atoms with Crippen molar-refractivity contribution in [1.29, 1.82) is 0 Å². The van der Waals surface area contributed by atoms with E-state index in [-0.39, 0.29) is 28.4 Å². The van der Waals surface area contributed by atoms with Crippen LogP contribution in [0.3, 0.4) is 0 Å². The molecular weight excluding hydrogens is 856 g/mol. The summed E-state index contributed by atoms with van der Waals surface area (Å²) in [6, 6.07) is 72.2. The van der Waals surface area contributed by atoms with E-state index in [4.69, 9.17) is 0 Å². The molecule has 9 aromatic carbocycles. The molecule has 0 aromatic heterocycles. The Morgan fingerprint density at radius 2 is 0.775 bits per heavy atom. The van der Waals surface area contributed by atoms with E-state index in [2.05, 4.69) is 267 Å². The molecule has 0 amide bonds.